The zero-order valence-corrected chi connectivity index (χ0v) is 11.5. The molecular weight excluding hydrogens is 248 g/mol. The lowest BCUT2D eigenvalue weighted by Crippen LogP contribution is -2.35. The van der Waals surface area contributed by atoms with Crippen molar-refractivity contribution in [3.05, 3.63) is 35.9 Å². The first-order valence-corrected chi connectivity index (χ1v) is 6.28. The fourth-order valence-corrected chi connectivity index (χ4v) is 2.43. The van der Waals surface area contributed by atoms with Crippen LogP contribution in [0.1, 0.15) is 37.8 Å². The molecule has 1 aliphatic rings. The summed E-state index contributed by atoms with van der Waals surface area (Å²) in [5.41, 5.74) is 7.10. The average Bonchev–Trinajstić information content (AvgIpc) is 2.76. The molecule has 18 heavy (non-hydrogen) atoms. The Hall–Kier alpha value is -1.06. The highest BCUT2D eigenvalue weighted by Crippen LogP contribution is 2.21. The second-order valence-corrected chi connectivity index (χ2v) is 4.80. The SMILES string of the molecule is CC1CCCN1C(=O)CC(N)c1ccccc1.Cl. The highest BCUT2D eigenvalue weighted by molar-refractivity contribution is 5.85. The van der Waals surface area contributed by atoms with Crippen molar-refractivity contribution in [2.45, 2.75) is 38.3 Å². The normalized spacial score (nSPS) is 20.3. The molecule has 4 heteroatoms. The Balaban J connectivity index is 0.00000162. The second kappa shape index (κ2) is 6.76. The van der Waals surface area contributed by atoms with E-state index in [1.807, 2.05) is 35.2 Å². The minimum Gasteiger partial charge on any atom is -0.340 e. The number of hydrogen-bond donors (Lipinski definition) is 1. The molecule has 2 atom stereocenters. The van der Waals surface area contributed by atoms with E-state index in [2.05, 4.69) is 6.92 Å². The van der Waals surface area contributed by atoms with Crippen LogP contribution in [0.3, 0.4) is 0 Å². The van der Waals surface area contributed by atoms with E-state index >= 15 is 0 Å². The Labute approximate surface area is 115 Å². The minimum absolute atomic E-state index is 0. The molecule has 1 fully saturated rings. The largest absolute Gasteiger partial charge is 0.340 e. The number of amides is 1. The number of nitrogens with zero attached hydrogens (tertiary/aromatic N) is 1. The summed E-state index contributed by atoms with van der Waals surface area (Å²) in [5, 5.41) is 0. The van der Waals surface area contributed by atoms with Gasteiger partial charge in [-0.25, -0.2) is 0 Å². The fraction of sp³-hybridized carbons (Fsp3) is 0.500. The van der Waals surface area contributed by atoms with Gasteiger partial charge in [-0.1, -0.05) is 30.3 Å². The summed E-state index contributed by atoms with van der Waals surface area (Å²) in [5.74, 6) is 0.186. The van der Waals surface area contributed by atoms with Gasteiger partial charge in [0.2, 0.25) is 5.91 Å². The van der Waals surface area contributed by atoms with Gasteiger partial charge < -0.3 is 10.6 Å². The van der Waals surface area contributed by atoms with Crippen LogP contribution in [-0.4, -0.2) is 23.4 Å². The smallest absolute Gasteiger partial charge is 0.224 e. The lowest BCUT2D eigenvalue weighted by molar-refractivity contribution is -0.132. The summed E-state index contributed by atoms with van der Waals surface area (Å²) in [6.45, 7) is 3.00. The number of nitrogens with two attached hydrogens (primary N) is 1. The third-order valence-electron chi connectivity index (χ3n) is 3.50. The van der Waals surface area contributed by atoms with Gasteiger partial charge in [0.15, 0.2) is 0 Å². The number of halogens is 1. The molecule has 2 rings (SSSR count). The Kier molecular flexibility index (Phi) is 5.63. The van der Waals surface area contributed by atoms with Gasteiger partial charge >= 0.3 is 0 Å². The van der Waals surface area contributed by atoms with Crippen molar-refractivity contribution in [1.29, 1.82) is 0 Å². The van der Waals surface area contributed by atoms with E-state index in [1.54, 1.807) is 0 Å². The van der Waals surface area contributed by atoms with Crippen molar-refractivity contribution < 1.29 is 4.79 Å². The molecule has 1 saturated heterocycles. The molecule has 1 aromatic carbocycles. The van der Waals surface area contributed by atoms with Crippen LogP contribution in [0.2, 0.25) is 0 Å². The Bertz CT molecular complexity index is 383. The van der Waals surface area contributed by atoms with E-state index in [0.29, 0.717) is 12.5 Å². The van der Waals surface area contributed by atoms with Gasteiger partial charge in [-0.2, -0.15) is 0 Å². The predicted molar refractivity (Wildman–Crippen MR) is 75.6 cm³/mol. The van der Waals surface area contributed by atoms with Gasteiger partial charge in [-0.05, 0) is 25.3 Å². The molecule has 1 aliphatic heterocycles. The third-order valence-corrected chi connectivity index (χ3v) is 3.50. The molecule has 1 amide bonds. The minimum atomic E-state index is -0.184. The van der Waals surface area contributed by atoms with Gasteiger partial charge in [0.05, 0.1) is 0 Å². The first-order chi connectivity index (χ1) is 8.18. The van der Waals surface area contributed by atoms with E-state index in [0.717, 1.165) is 24.9 Å². The van der Waals surface area contributed by atoms with Crippen LogP contribution in [-0.2, 0) is 4.79 Å². The zero-order chi connectivity index (χ0) is 12.3. The van der Waals surface area contributed by atoms with E-state index in [9.17, 15) is 4.79 Å². The maximum Gasteiger partial charge on any atom is 0.224 e. The molecule has 2 unspecified atom stereocenters. The van der Waals surface area contributed by atoms with Crippen LogP contribution in [0, 0.1) is 0 Å². The molecule has 0 spiro atoms. The number of carbonyl (C=O) groups is 1. The lowest BCUT2D eigenvalue weighted by Gasteiger charge is -2.23. The number of benzene rings is 1. The summed E-state index contributed by atoms with van der Waals surface area (Å²) < 4.78 is 0. The Morgan fingerprint density at radius 2 is 2.11 bits per heavy atom. The van der Waals surface area contributed by atoms with E-state index in [1.165, 1.54) is 0 Å². The molecule has 2 N–H and O–H groups in total. The van der Waals surface area contributed by atoms with Crippen LogP contribution in [0.4, 0.5) is 0 Å². The first kappa shape index (κ1) is 15.0. The molecule has 0 saturated carbocycles. The molecule has 3 nitrogen and oxygen atoms in total. The van der Waals surface area contributed by atoms with E-state index < -0.39 is 0 Å². The maximum absolute atomic E-state index is 12.1. The number of hydrogen-bond acceptors (Lipinski definition) is 2. The molecule has 100 valence electrons. The molecule has 0 radical (unpaired) electrons. The fourth-order valence-electron chi connectivity index (χ4n) is 2.43. The second-order valence-electron chi connectivity index (χ2n) is 4.80. The van der Waals surface area contributed by atoms with E-state index in [4.69, 9.17) is 5.73 Å². The molecule has 1 aromatic rings. The van der Waals surface area contributed by atoms with Crippen LogP contribution in [0.5, 0.6) is 0 Å². The quantitative estimate of drug-likeness (QED) is 0.916. The van der Waals surface area contributed by atoms with E-state index in [-0.39, 0.29) is 24.4 Å². The molecule has 1 heterocycles. The maximum atomic E-state index is 12.1. The number of rotatable bonds is 3. The van der Waals surface area contributed by atoms with Crippen LogP contribution < -0.4 is 5.73 Å². The van der Waals surface area contributed by atoms with Crippen LogP contribution in [0.15, 0.2) is 30.3 Å². The Morgan fingerprint density at radius 1 is 1.44 bits per heavy atom. The summed E-state index contributed by atoms with van der Waals surface area (Å²) in [6.07, 6.45) is 2.65. The third kappa shape index (κ3) is 3.47. The lowest BCUT2D eigenvalue weighted by atomic mass is 10.0. The van der Waals surface area contributed by atoms with Crippen LogP contribution >= 0.6 is 12.4 Å². The summed E-state index contributed by atoms with van der Waals surface area (Å²) in [4.78, 5) is 14.0. The molecular formula is C14H21ClN2O. The summed E-state index contributed by atoms with van der Waals surface area (Å²) in [6, 6.07) is 10.0. The number of likely N-dealkylation sites (tertiary alicyclic amines) is 1. The summed E-state index contributed by atoms with van der Waals surface area (Å²) >= 11 is 0. The topological polar surface area (TPSA) is 46.3 Å². The molecule has 0 aromatic heterocycles. The predicted octanol–water partition coefficient (Wildman–Crippen LogP) is 2.51. The number of carbonyl (C=O) groups excluding carboxylic acids is 1. The van der Waals surface area contributed by atoms with Gasteiger partial charge in [0.25, 0.3) is 0 Å². The van der Waals surface area contributed by atoms with Gasteiger partial charge in [0.1, 0.15) is 0 Å². The van der Waals surface area contributed by atoms with Crippen molar-refractivity contribution in [1.82, 2.24) is 4.90 Å². The monoisotopic (exact) mass is 268 g/mol. The van der Waals surface area contributed by atoms with Gasteiger partial charge in [-0.3, -0.25) is 4.79 Å². The Morgan fingerprint density at radius 3 is 2.67 bits per heavy atom. The average molecular weight is 269 g/mol. The van der Waals surface area contributed by atoms with Crippen LogP contribution in [0.25, 0.3) is 0 Å². The van der Waals surface area contributed by atoms with Crippen molar-refractivity contribution in [2.75, 3.05) is 6.54 Å². The standard InChI is InChI=1S/C14H20N2O.ClH/c1-11-6-5-9-16(11)14(17)10-13(15)12-7-3-2-4-8-12;/h2-4,7-8,11,13H,5-6,9-10,15H2,1H3;1H. The highest BCUT2D eigenvalue weighted by atomic mass is 35.5. The highest BCUT2D eigenvalue weighted by Gasteiger charge is 2.26. The van der Waals surface area contributed by atoms with Gasteiger partial charge in [0, 0.05) is 25.0 Å². The summed E-state index contributed by atoms with van der Waals surface area (Å²) in [7, 11) is 0. The van der Waals surface area contributed by atoms with Crippen molar-refractivity contribution >= 4 is 18.3 Å². The van der Waals surface area contributed by atoms with Gasteiger partial charge in [-0.15, -0.1) is 12.4 Å². The molecule has 0 bridgehead atoms. The van der Waals surface area contributed by atoms with Crippen molar-refractivity contribution in [3.63, 3.8) is 0 Å². The zero-order valence-electron chi connectivity index (χ0n) is 10.7. The molecule has 0 aliphatic carbocycles. The first-order valence-electron chi connectivity index (χ1n) is 6.28. The van der Waals surface area contributed by atoms with Crippen molar-refractivity contribution in [3.8, 4) is 0 Å². The van der Waals surface area contributed by atoms with Crippen molar-refractivity contribution in [2.24, 2.45) is 5.73 Å².